The first-order chi connectivity index (χ1) is 14.6. The fourth-order valence-electron chi connectivity index (χ4n) is 3.39. The number of nitrogens with zero attached hydrogens (tertiary/aromatic N) is 3. The predicted molar refractivity (Wildman–Crippen MR) is 119 cm³/mol. The maximum atomic E-state index is 12.3. The Morgan fingerprint density at radius 1 is 1.23 bits per heavy atom. The molecule has 2 heterocycles. The molecule has 1 amide bonds. The summed E-state index contributed by atoms with van der Waals surface area (Å²) < 4.78 is 7.56. The molecule has 0 saturated carbocycles. The van der Waals surface area contributed by atoms with Crippen LogP contribution < -0.4 is 5.32 Å². The van der Waals surface area contributed by atoms with Gasteiger partial charge in [0.25, 0.3) is 0 Å². The van der Waals surface area contributed by atoms with E-state index in [0.29, 0.717) is 22.5 Å². The van der Waals surface area contributed by atoms with E-state index in [2.05, 4.69) is 15.5 Å². The van der Waals surface area contributed by atoms with Gasteiger partial charge in [0.2, 0.25) is 5.91 Å². The zero-order chi connectivity index (χ0) is 20.9. The second-order valence-electron chi connectivity index (χ2n) is 7.16. The lowest BCUT2D eigenvalue weighted by Gasteiger charge is -2.13. The molecule has 156 valence electrons. The zero-order valence-corrected chi connectivity index (χ0v) is 18.2. The molecule has 1 aromatic heterocycles. The normalized spacial score (nSPS) is 16.0. The molecule has 0 radical (unpaired) electrons. The first-order valence-corrected chi connectivity index (χ1v) is 11.3. The number of carbonyl (C=O) groups is 1. The molecule has 8 heteroatoms. The average molecular weight is 443 g/mol. The van der Waals surface area contributed by atoms with Gasteiger partial charge in [-0.2, -0.15) is 0 Å². The fourth-order valence-corrected chi connectivity index (χ4v) is 4.30. The number of hydrogen-bond acceptors (Lipinski definition) is 5. The third-order valence-electron chi connectivity index (χ3n) is 4.98. The number of nitrogens with one attached hydrogen (secondary N) is 1. The van der Waals surface area contributed by atoms with E-state index in [9.17, 15) is 4.79 Å². The van der Waals surface area contributed by atoms with E-state index in [0.717, 1.165) is 36.3 Å². The largest absolute Gasteiger partial charge is 0.376 e. The summed E-state index contributed by atoms with van der Waals surface area (Å²) in [6.45, 7) is 3.38. The highest BCUT2D eigenvalue weighted by molar-refractivity contribution is 7.99. The molecule has 0 aliphatic carbocycles. The van der Waals surface area contributed by atoms with Gasteiger partial charge >= 0.3 is 0 Å². The van der Waals surface area contributed by atoms with Gasteiger partial charge in [0.05, 0.1) is 17.5 Å². The number of benzene rings is 2. The fraction of sp³-hybridized carbons (Fsp3) is 0.318. The van der Waals surface area contributed by atoms with Crippen molar-refractivity contribution in [3.8, 4) is 17.1 Å². The van der Waals surface area contributed by atoms with Crippen LogP contribution in [0.2, 0.25) is 5.02 Å². The average Bonchev–Trinajstić information content (AvgIpc) is 3.42. The molecule has 1 saturated heterocycles. The number of para-hydroxylation sites is 1. The van der Waals surface area contributed by atoms with E-state index in [1.807, 2.05) is 60.0 Å². The van der Waals surface area contributed by atoms with Gasteiger partial charge in [-0.3, -0.25) is 9.36 Å². The molecule has 0 bridgehead atoms. The Kier molecular flexibility index (Phi) is 6.72. The van der Waals surface area contributed by atoms with Gasteiger partial charge in [-0.15, -0.1) is 10.2 Å². The number of hydrogen-bond donors (Lipinski definition) is 1. The van der Waals surface area contributed by atoms with E-state index in [4.69, 9.17) is 16.3 Å². The van der Waals surface area contributed by atoms with Crippen molar-refractivity contribution in [2.45, 2.75) is 31.0 Å². The third kappa shape index (κ3) is 4.86. The number of ether oxygens (including phenoxy) is 1. The quantitative estimate of drug-likeness (QED) is 0.553. The molecule has 4 rings (SSSR count). The maximum absolute atomic E-state index is 12.3. The van der Waals surface area contributed by atoms with Gasteiger partial charge in [-0.25, -0.2) is 0 Å². The van der Waals surface area contributed by atoms with Crippen molar-refractivity contribution in [1.29, 1.82) is 0 Å². The third-order valence-corrected chi connectivity index (χ3v) is 6.16. The molecule has 1 atom stereocenters. The summed E-state index contributed by atoms with van der Waals surface area (Å²) >= 11 is 7.42. The van der Waals surface area contributed by atoms with Gasteiger partial charge in [0.1, 0.15) is 0 Å². The van der Waals surface area contributed by atoms with Crippen molar-refractivity contribution in [2.75, 3.05) is 18.9 Å². The number of halogens is 1. The molecule has 1 aliphatic rings. The summed E-state index contributed by atoms with van der Waals surface area (Å²) in [5.41, 5.74) is 2.98. The topological polar surface area (TPSA) is 69.0 Å². The van der Waals surface area contributed by atoms with Crippen molar-refractivity contribution >= 4 is 29.3 Å². The predicted octanol–water partition coefficient (Wildman–Crippen LogP) is 4.28. The maximum Gasteiger partial charge on any atom is 0.230 e. The van der Waals surface area contributed by atoms with Gasteiger partial charge in [-0.05, 0) is 55.7 Å². The molecule has 30 heavy (non-hydrogen) atoms. The summed E-state index contributed by atoms with van der Waals surface area (Å²) in [7, 11) is 0. The number of thioether (sulfide) groups is 1. The van der Waals surface area contributed by atoms with Crippen LogP contribution in [0.1, 0.15) is 18.4 Å². The molecule has 0 spiro atoms. The van der Waals surface area contributed by atoms with Crippen LogP contribution in [-0.4, -0.2) is 45.7 Å². The van der Waals surface area contributed by atoms with E-state index < -0.39 is 0 Å². The first kappa shape index (κ1) is 20.9. The van der Waals surface area contributed by atoms with Gasteiger partial charge < -0.3 is 10.1 Å². The van der Waals surface area contributed by atoms with Crippen molar-refractivity contribution in [3.05, 3.63) is 59.1 Å². The minimum atomic E-state index is -0.0390. The Hall–Kier alpha value is -2.35. The molecule has 6 nitrogen and oxygen atoms in total. The van der Waals surface area contributed by atoms with Gasteiger partial charge in [0, 0.05) is 23.7 Å². The lowest BCUT2D eigenvalue weighted by atomic mass is 10.1. The standard InChI is InChI=1S/C22H23ClN4O2S/c1-15-5-2-3-7-19(15)27-21(16-8-10-17(23)11-9-16)25-26-22(27)30-14-20(28)24-13-18-6-4-12-29-18/h2-3,5,7-11,18H,4,6,12-14H2,1H3,(H,24,28). The molecule has 1 unspecified atom stereocenters. The Balaban J connectivity index is 1.56. The highest BCUT2D eigenvalue weighted by atomic mass is 35.5. The Morgan fingerprint density at radius 3 is 2.77 bits per heavy atom. The number of carbonyl (C=O) groups excluding carboxylic acids is 1. The van der Waals surface area contributed by atoms with Crippen molar-refractivity contribution in [1.82, 2.24) is 20.1 Å². The molecular weight excluding hydrogens is 420 g/mol. The number of aryl methyl sites for hydroxylation is 1. The van der Waals surface area contributed by atoms with Crippen molar-refractivity contribution < 1.29 is 9.53 Å². The minimum Gasteiger partial charge on any atom is -0.376 e. The van der Waals surface area contributed by atoms with Crippen LogP contribution in [0.3, 0.4) is 0 Å². The highest BCUT2D eigenvalue weighted by Crippen LogP contribution is 2.30. The number of aromatic nitrogens is 3. The van der Waals surface area contributed by atoms with Crippen LogP contribution in [0.5, 0.6) is 0 Å². The molecule has 3 aromatic rings. The van der Waals surface area contributed by atoms with Crippen LogP contribution in [-0.2, 0) is 9.53 Å². The molecule has 2 aromatic carbocycles. The van der Waals surface area contributed by atoms with E-state index in [1.165, 1.54) is 11.8 Å². The van der Waals surface area contributed by atoms with Gasteiger partial charge in [-0.1, -0.05) is 41.6 Å². The minimum absolute atomic E-state index is 0.0390. The molecule has 1 aliphatic heterocycles. The zero-order valence-electron chi connectivity index (χ0n) is 16.7. The molecule has 1 N–H and O–H groups in total. The van der Waals surface area contributed by atoms with Crippen molar-refractivity contribution in [3.63, 3.8) is 0 Å². The highest BCUT2D eigenvalue weighted by Gasteiger charge is 2.20. The van der Waals surface area contributed by atoms with Gasteiger partial charge in [0.15, 0.2) is 11.0 Å². The number of amides is 1. The second-order valence-corrected chi connectivity index (χ2v) is 8.54. The lowest BCUT2D eigenvalue weighted by molar-refractivity contribution is -0.119. The second kappa shape index (κ2) is 9.64. The van der Waals surface area contributed by atoms with Crippen LogP contribution in [0, 0.1) is 6.92 Å². The monoisotopic (exact) mass is 442 g/mol. The lowest BCUT2D eigenvalue weighted by Crippen LogP contribution is -2.32. The smallest absolute Gasteiger partial charge is 0.230 e. The summed E-state index contributed by atoms with van der Waals surface area (Å²) in [6, 6.07) is 15.6. The van der Waals surface area contributed by atoms with E-state index in [1.54, 1.807) is 0 Å². The Labute approximate surface area is 185 Å². The first-order valence-electron chi connectivity index (χ1n) is 9.90. The van der Waals surface area contributed by atoms with Crippen LogP contribution in [0.4, 0.5) is 0 Å². The summed E-state index contributed by atoms with van der Waals surface area (Å²) in [6.07, 6.45) is 2.19. The van der Waals surface area contributed by atoms with Crippen LogP contribution >= 0.6 is 23.4 Å². The van der Waals surface area contributed by atoms with E-state index in [-0.39, 0.29) is 17.8 Å². The molecular formula is C22H23ClN4O2S. The Morgan fingerprint density at radius 2 is 2.03 bits per heavy atom. The van der Waals surface area contributed by atoms with E-state index >= 15 is 0 Å². The SMILES string of the molecule is Cc1ccccc1-n1c(SCC(=O)NCC2CCCO2)nnc1-c1ccc(Cl)cc1. The summed E-state index contributed by atoms with van der Waals surface area (Å²) in [5.74, 6) is 0.934. The summed E-state index contributed by atoms with van der Waals surface area (Å²) in [4.78, 5) is 12.3. The van der Waals surface area contributed by atoms with Crippen LogP contribution in [0.25, 0.3) is 17.1 Å². The summed E-state index contributed by atoms with van der Waals surface area (Å²) in [5, 5.41) is 13.1. The van der Waals surface area contributed by atoms with Crippen molar-refractivity contribution in [2.24, 2.45) is 0 Å². The number of rotatable bonds is 7. The molecule has 1 fully saturated rings. The Bertz CT molecular complexity index is 1020. The van der Waals surface area contributed by atoms with Crippen LogP contribution in [0.15, 0.2) is 53.7 Å².